The quantitative estimate of drug-likeness (QED) is 0.704. The molecule has 0 aliphatic carbocycles. The predicted molar refractivity (Wildman–Crippen MR) is 115 cm³/mol. The van der Waals surface area contributed by atoms with Crippen LogP contribution in [0.5, 0.6) is 0 Å². The van der Waals surface area contributed by atoms with E-state index in [9.17, 15) is 13.4 Å². The van der Waals surface area contributed by atoms with E-state index >= 15 is 0 Å². The fraction of sp³-hybridized carbons (Fsp3) is 0.350. The summed E-state index contributed by atoms with van der Waals surface area (Å²) >= 11 is 0. The molecule has 1 amide bonds. The summed E-state index contributed by atoms with van der Waals surface area (Å²) in [4.78, 5) is 20.7. The monoisotopic (exact) mass is 419 g/mol. The number of aryl methyl sites for hydroxylation is 1. The molecule has 5 N–H and O–H groups in total. The van der Waals surface area contributed by atoms with Crippen molar-refractivity contribution in [1.82, 2.24) is 4.98 Å². The Balaban J connectivity index is 0.00000145. The molecule has 1 aliphatic heterocycles. The van der Waals surface area contributed by atoms with Crippen LogP contribution in [0.4, 0.5) is 10.1 Å². The molecule has 2 aromatic rings. The first-order valence-electron chi connectivity index (χ1n) is 9.02. The van der Waals surface area contributed by atoms with Crippen LogP contribution in [-0.4, -0.2) is 38.5 Å². The van der Waals surface area contributed by atoms with Crippen molar-refractivity contribution in [3.05, 3.63) is 59.2 Å². The standard InChI is InChI=1S/C19H21FN4O2S.CH5N/c1-11-4-7-15(22-9-11)17(25)23-12-5-6-14(20)13(8-12)16-10-27(26)19(2,3)18(21)24-16;1-2/h4-9,16H,10H2,1-3H3,(H2,21,24)(H,23,25);2H2,1H3. The molecule has 0 spiro atoms. The lowest BCUT2D eigenvalue weighted by molar-refractivity contribution is 0.102. The van der Waals surface area contributed by atoms with E-state index in [1.165, 1.54) is 25.2 Å². The zero-order valence-corrected chi connectivity index (χ0v) is 17.7. The minimum Gasteiger partial charge on any atom is -0.386 e. The molecule has 9 heteroatoms. The van der Waals surface area contributed by atoms with Gasteiger partial charge in [-0.2, -0.15) is 0 Å². The number of rotatable bonds is 3. The summed E-state index contributed by atoms with van der Waals surface area (Å²) in [6.45, 7) is 5.38. The maximum absolute atomic E-state index is 14.4. The number of nitrogens with one attached hydrogen (secondary N) is 1. The van der Waals surface area contributed by atoms with Crippen LogP contribution in [0.15, 0.2) is 41.5 Å². The molecule has 1 aromatic carbocycles. The lowest BCUT2D eigenvalue weighted by atomic mass is 10.1. The van der Waals surface area contributed by atoms with Gasteiger partial charge in [-0.1, -0.05) is 6.07 Å². The Morgan fingerprint density at radius 1 is 1.28 bits per heavy atom. The van der Waals surface area contributed by atoms with E-state index < -0.39 is 33.3 Å². The summed E-state index contributed by atoms with van der Waals surface area (Å²) in [5.74, 6) is -0.486. The number of anilines is 1. The van der Waals surface area contributed by atoms with Crippen LogP contribution in [0.2, 0.25) is 0 Å². The summed E-state index contributed by atoms with van der Waals surface area (Å²) in [6.07, 6.45) is 1.60. The van der Waals surface area contributed by atoms with E-state index in [1.54, 1.807) is 32.2 Å². The molecule has 156 valence electrons. The minimum absolute atomic E-state index is 0.168. The van der Waals surface area contributed by atoms with Crippen molar-refractivity contribution in [1.29, 1.82) is 0 Å². The number of amidine groups is 1. The highest BCUT2D eigenvalue weighted by Gasteiger charge is 2.37. The number of hydrogen-bond acceptors (Lipinski definition) is 6. The molecular formula is C20H26FN5O2S. The van der Waals surface area contributed by atoms with Crippen molar-refractivity contribution in [2.45, 2.75) is 31.6 Å². The van der Waals surface area contributed by atoms with Gasteiger partial charge in [-0.15, -0.1) is 0 Å². The van der Waals surface area contributed by atoms with E-state index in [4.69, 9.17) is 5.73 Å². The van der Waals surface area contributed by atoms with Crippen LogP contribution in [0.3, 0.4) is 0 Å². The zero-order valence-electron chi connectivity index (χ0n) is 16.9. The van der Waals surface area contributed by atoms with Gasteiger partial charge < -0.3 is 16.8 Å². The number of carbonyl (C=O) groups excluding carboxylic acids is 1. The average molecular weight is 420 g/mol. The third-order valence-corrected chi connectivity index (χ3v) is 6.51. The highest BCUT2D eigenvalue weighted by atomic mass is 32.2. The number of carbonyl (C=O) groups is 1. The SMILES string of the molecule is CN.Cc1ccc(C(=O)Nc2ccc(F)c(C3CS(=O)C(C)(C)C(N)=N3)c2)nc1. The number of nitrogens with zero attached hydrogens (tertiary/aromatic N) is 2. The predicted octanol–water partition coefficient (Wildman–Crippen LogP) is 2.30. The van der Waals surface area contributed by atoms with Crippen molar-refractivity contribution >= 4 is 28.2 Å². The Morgan fingerprint density at radius 2 is 1.97 bits per heavy atom. The van der Waals surface area contributed by atoms with Gasteiger partial charge in [0.05, 0.1) is 16.5 Å². The van der Waals surface area contributed by atoms with Crippen molar-refractivity contribution in [3.8, 4) is 0 Å². The summed E-state index contributed by atoms with van der Waals surface area (Å²) in [5.41, 5.74) is 12.3. The molecule has 0 fully saturated rings. The second kappa shape index (κ2) is 9.23. The van der Waals surface area contributed by atoms with Crippen LogP contribution in [0.25, 0.3) is 0 Å². The Labute approximate surface area is 172 Å². The largest absolute Gasteiger partial charge is 0.386 e. The van der Waals surface area contributed by atoms with E-state index in [1.807, 2.05) is 6.92 Å². The number of hydrogen-bond donors (Lipinski definition) is 3. The molecule has 0 radical (unpaired) electrons. The third kappa shape index (κ3) is 5.04. The zero-order chi connectivity index (χ0) is 21.8. The number of halogens is 1. The summed E-state index contributed by atoms with van der Waals surface area (Å²) in [7, 11) is 0.211. The highest BCUT2D eigenvalue weighted by molar-refractivity contribution is 7.87. The van der Waals surface area contributed by atoms with Crippen LogP contribution in [0.1, 0.15) is 41.5 Å². The molecule has 0 bridgehead atoms. The summed E-state index contributed by atoms with van der Waals surface area (Å²) in [6, 6.07) is 6.96. The molecule has 3 rings (SSSR count). The second-order valence-electron chi connectivity index (χ2n) is 6.96. The maximum Gasteiger partial charge on any atom is 0.274 e. The smallest absolute Gasteiger partial charge is 0.274 e. The van der Waals surface area contributed by atoms with Gasteiger partial charge in [-0.3, -0.25) is 19.0 Å². The minimum atomic E-state index is -1.29. The van der Waals surface area contributed by atoms with E-state index in [0.717, 1.165) is 5.56 Å². The molecule has 0 saturated carbocycles. The van der Waals surface area contributed by atoms with Gasteiger partial charge in [0.1, 0.15) is 17.3 Å². The van der Waals surface area contributed by atoms with Crippen LogP contribution in [0, 0.1) is 12.7 Å². The lowest BCUT2D eigenvalue weighted by Gasteiger charge is -2.31. The molecule has 2 heterocycles. The molecule has 1 aliphatic rings. The fourth-order valence-electron chi connectivity index (χ4n) is 2.66. The number of amides is 1. The van der Waals surface area contributed by atoms with Gasteiger partial charge in [-0.25, -0.2) is 4.39 Å². The van der Waals surface area contributed by atoms with Crippen LogP contribution >= 0.6 is 0 Å². The topological polar surface area (TPSA) is 123 Å². The van der Waals surface area contributed by atoms with Crippen molar-refractivity contribution < 1.29 is 13.4 Å². The Bertz CT molecular complexity index is 944. The van der Waals surface area contributed by atoms with Gasteiger partial charge in [0, 0.05) is 28.2 Å². The normalized spacial score (nSPS) is 20.1. The molecular weight excluding hydrogens is 393 g/mol. The Hall–Kier alpha value is -2.65. The number of pyridine rings is 1. The van der Waals surface area contributed by atoms with Crippen molar-refractivity contribution in [2.24, 2.45) is 16.5 Å². The Kier molecular flexibility index (Phi) is 7.21. The van der Waals surface area contributed by atoms with Gasteiger partial charge >= 0.3 is 0 Å². The molecule has 1 aromatic heterocycles. The van der Waals surface area contributed by atoms with Gasteiger partial charge in [0.15, 0.2) is 0 Å². The second-order valence-corrected chi connectivity index (χ2v) is 9.01. The number of nitrogens with two attached hydrogens (primary N) is 2. The molecule has 0 saturated heterocycles. The first-order chi connectivity index (χ1) is 13.7. The maximum atomic E-state index is 14.4. The Morgan fingerprint density at radius 3 is 2.55 bits per heavy atom. The van der Waals surface area contributed by atoms with E-state index in [-0.39, 0.29) is 22.8 Å². The first kappa shape index (κ1) is 22.6. The van der Waals surface area contributed by atoms with E-state index in [0.29, 0.717) is 5.69 Å². The number of benzene rings is 1. The molecule has 7 nitrogen and oxygen atoms in total. The summed E-state index contributed by atoms with van der Waals surface area (Å²) in [5, 5.41) is 2.70. The number of aliphatic imine (C=N–C) groups is 1. The fourth-order valence-corrected chi connectivity index (χ4v) is 3.91. The van der Waals surface area contributed by atoms with Crippen LogP contribution < -0.4 is 16.8 Å². The first-order valence-corrected chi connectivity index (χ1v) is 10.3. The third-order valence-electron chi connectivity index (χ3n) is 4.55. The van der Waals surface area contributed by atoms with Crippen LogP contribution in [-0.2, 0) is 10.8 Å². The van der Waals surface area contributed by atoms with Crippen molar-refractivity contribution in [3.63, 3.8) is 0 Å². The lowest BCUT2D eigenvalue weighted by Crippen LogP contribution is -2.47. The van der Waals surface area contributed by atoms with Gasteiger partial charge in [-0.05, 0) is 57.6 Å². The number of aromatic nitrogens is 1. The molecule has 2 unspecified atom stereocenters. The molecule has 2 atom stereocenters. The van der Waals surface area contributed by atoms with Gasteiger partial charge in [0.2, 0.25) is 0 Å². The van der Waals surface area contributed by atoms with E-state index in [2.05, 4.69) is 21.0 Å². The summed E-state index contributed by atoms with van der Waals surface area (Å²) < 4.78 is 26.1. The average Bonchev–Trinajstić information content (AvgIpc) is 2.69. The highest BCUT2D eigenvalue weighted by Crippen LogP contribution is 2.32. The van der Waals surface area contributed by atoms with Gasteiger partial charge in [0.25, 0.3) is 5.91 Å². The van der Waals surface area contributed by atoms with Crippen molar-refractivity contribution in [2.75, 3.05) is 18.1 Å². The molecule has 29 heavy (non-hydrogen) atoms.